The summed E-state index contributed by atoms with van der Waals surface area (Å²) in [7, 11) is 0. The maximum atomic E-state index is 14.0. The van der Waals surface area contributed by atoms with Crippen molar-refractivity contribution in [1.29, 1.82) is 0 Å². The predicted molar refractivity (Wildman–Crippen MR) is 146 cm³/mol. The fraction of sp³-hybridized carbons (Fsp3) is 0.321. The summed E-state index contributed by atoms with van der Waals surface area (Å²) in [6.07, 6.45) is 1.82. The zero-order chi connectivity index (χ0) is 27.4. The van der Waals surface area contributed by atoms with Crippen molar-refractivity contribution in [2.75, 3.05) is 18.1 Å². The molecule has 1 aliphatic heterocycles. The van der Waals surface area contributed by atoms with Gasteiger partial charge < -0.3 is 10.1 Å². The molecule has 4 aromatic rings. The van der Waals surface area contributed by atoms with Gasteiger partial charge in [0.1, 0.15) is 18.4 Å². The number of carbonyl (C=O) groups excluding carboxylic acids is 2. The van der Waals surface area contributed by atoms with E-state index >= 15 is 0 Å². The zero-order valence-electron chi connectivity index (χ0n) is 21.7. The van der Waals surface area contributed by atoms with Gasteiger partial charge in [0.05, 0.1) is 6.10 Å². The smallest absolute Gasteiger partial charge is 0.251 e. The Morgan fingerprint density at radius 1 is 1.18 bits per heavy atom. The molecular weight excluding hydrogens is 519 g/mol. The second kappa shape index (κ2) is 11.8. The van der Waals surface area contributed by atoms with Crippen LogP contribution in [-0.4, -0.2) is 51.3 Å². The Hall–Kier alpha value is -3.96. The number of nitrogens with zero attached hydrogens (tertiary/aromatic N) is 5. The van der Waals surface area contributed by atoms with Gasteiger partial charge >= 0.3 is 0 Å². The molecule has 0 spiro atoms. The largest absolute Gasteiger partial charge is 0.376 e. The van der Waals surface area contributed by atoms with Crippen molar-refractivity contribution in [3.05, 3.63) is 81.8 Å². The summed E-state index contributed by atoms with van der Waals surface area (Å²) < 4.78 is 19.0. The maximum Gasteiger partial charge on any atom is 0.251 e. The summed E-state index contributed by atoms with van der Waals surface area (Å²) in [5, 5.41) is 17.3. The Bertz CT molecular complexity index is 1430. The molecule has 2 unspecified atom stereocenters. The number of halogens is 1. The molecule has 1 aliphatic rings. The Morgan fingerprint density at radius 3 is 2.72 bits per heavy atom. The lowest BCUT2D eigenvalue weighted by Crippen LogP contribution is -2.46. The molecule has 0 saturated carbocycles. The summed E-state index contributed by atoms with van der Waals surface area (Å²) in [5.74, 6) is -0.772. The first-order valence-electron chi connectivity index (χ1n) is 12.8. The lowest BCUT2D eigenvalue weighted by molar-refractivity contribution is -0.127. The van der Waals surface area contributed by atoms with E-state index in [0.29, 0.717) is 24.4 Å². The first-order chi connectivity index (χ1) is 18.9. The lowest BCUT2D eigenvalue weighted by Gasteiger charge is -2.32. The van der Waals surface area contributed by atoms with Crippen LogP contribution in [0.5, 0.6) is 0 Å². The van der Waals surface area contributed by atoms with Gasteiger partial charge in [-0.2, -0.15) is 4.80 Å². The van der Waals surface area contributed by atoms with Crippen LogP contribution in [-0.2, 0) is 20.9 Å². The normalized spacial score (nSPS) is 15.7. The standard InChI is InChI=1S/C28H29FN6O3S/c1-18-6-3-8-23(19(18)2)35(25(36)17-34-32-27(31-33-34)20-10-12-21(29)13-11-20)26(24-9-5-15-39-24)28(37)30-16-22-7-4-14-38-22/h3,5-6,8-13,15,22,26H,4,7,14,16-17H2,1-2H3,(H,30,37). The van der Waals surface area contributed by atoms with Gasteiger partial charge in [0.2, 0.25) is 11.7 Å². The molecule has 0 aliphatic carbocycles. The van der Waals surface area contributed by atoms with Crippen LogP contribution in [0.15, 0.2) is 60.0 Å². The Labute approximate surface area is 229 Å². The van der Waals surface area contributed by atoms with Crippen LogP contribution >= 0.6 is 11.3 Å². The second-order valence-electron chi connectivity index (χ2n) is 9.43. The third-order valence-electron chi connectivity index (χ3n) is 6.78. The summed E-state index contributed by atoms with van der Waals surface area (Å²) in [5.41, 5.74) is 3.08. The van der Waals surface area contributed by atoms with Crippen LogP contribution in [0.25, 0.3) is 11.4 Å². The van der Waals surface area contributed by atoms with E-state index in [4.69, 9.17) is 4.74 Å². The lowest BCUT2D eigenvalue weighted by atomic mass is 10.0. The highest BCUT2D eigenvalue weighted by Crippen LogP contribution is 2.34. The molecule has 202 valence electrons. The molecule has 11 heteroatoms. The average Bonchev–Trinajstić information content (AvgIpc) is 3.72. The molecule has 1 fully saturated rings. The number of ether oxygens (including phenoxy) is 1. The van der Waals surface area contributed by atoms with Crippen LogP contribution in [0.3, 0.4) is 0 Å². The van der Waals surface area contributed by atoms with Crippen molar-refractivity contribution < 1.29 is 18.7 Å². The monoisotopic (exact) mass is 548 g/mol. The van der Waals surface area contributed by atoms with Crippen LogP contribution in [0.2, 0.25) is 0 Å². The SMILES string of the molecule is Cc1cccc(N(C(=O)Cn2nnc(-c3ccc(F)cc3)n2)C(C(=O)NCC2CCCO2)c2cccs2)c1C. The van der Waals surface area contributed by atoms with E-state index in [1.807, 2.05) is 49.6 Å². The van der Waals surface area contributed by atoms with Gasteiger partial charge in [-0.1, -0.05) is 18.2 Å². The minimum absolute atomic E-state index is 0.0352. The van der Waals surface area contributed by atoms with Crippen molar-refractivity contribution in [3.63, 3.8) is 0 Å². The summed E-state index contributed by atoms with van der Waals surface area (Å²) in [6.45, 7) is 4.71. The van der Waals surface area contributed by atoms with Gasteiger partial charge in [-0.3, -0.25) is 14.5 Å². The molecule has 2 amide bonds. The predicted octanol–water partition coefficient (Wildman–Crippen LogP) is 4.23. The molecule has 1 N–H and O–H groups in total. The Balaban J connectivity index is 1.47. The first kappa shape index (κ1) is 26.6. The van der Waals surface area contributed by atoms with Gasteiger partial charge in [0, 0.05) is 29.3 Å². The molecule has 0 bridgehead atoms. The number of tetrazole rings is 1. The van der Waals surface area contributed by atoms with Gasteiger partial charge in [0.25, 0.3) is 5.91 Å². The number of aryl methyl sites for hydroxylation is 1. The summed E-state index contributed by atoms with van der Waals surface area (Å²) in [4.78, 5) is 31.2. The van der Waals surface area contributed by atoms with Crippen LogP contribution in [0, 0.1) is 19.7 Å². The number of anilines is 1. The number of nitrogens with one attached hydrogen (secondary N) is 1. The van der Waals surface area contributed by atoms with Gasteiger partial charge in [-0.05, 0) is 84.8 Å². The van der Waals surface area contributed by atoms with E-state index in [9.17, 15) is 14.0 Å². The molecule has 5 rings (SSSR count). The number of hydrogen-bond acceptors (Lipinski definition) is 7. The highest BCUT2D eigenvalue weighted by atomic mass is 32.1. The number of rotatable bonds is 9. The minimum Gasteiger partial charge on any atom is -0.376 e. The van der Waals surface area contributed by atoms with Gasteiger partial charge in [-0.25, -0.2) is 4.39 Å². The zero-order valence-corrected chi connectivity index (χ0v) is 22.5. The van der Waals surface area contributed by atoms with Crippen molar-refractivity contribution in [2.45, 2.75) is 45.4 Å². The molecule has 39 heavy (non-hydrogen) atoms. The molecular formula is C28H29FN6O3S. The first-order valence-corrected chi connectivity index (χ1v) is 13.6. The van der Waals surface area contributed by atoms with E-state index < -0.39 is 6.04 Å². The number of benzene rings is 2. The average molecular weight is 549 g/mol. The third-order valence-corrected chi connectivity index (χ3v) is 7.71. The summed E-state index contributed by atoms with van der Waals surface area (Å²) >= 11 is 1.41. The third kappa shape index (κ3) is 6.04. The van der Waals surface area contributed by atoms with Crippen LogP contribution in [0.1, 0.15) is 34.9 Å². The second-order valence-corrected chi connectivity index (χ2v) is 10.4. The van der Waals surface area contributed by atoms with E-state index in [0.717, 1.165) is 28.8 Å². The highest BCUT2D eigenvalue weighted by molar-refractivity contribution is 7.10. The molecule has 2 atom stereocenters. The van der Waals surface area contributed by atoms with Crippen molar-refractivity contribution in [1.82, 2.24) is 25.5 Å². The molecule has 0 radical (unpaired) electrons. The molecule has 2 aromatic heterocycles. The fourth-order valence-electron chi connectivity index (χ4n) is 4.57. The Morgan fingerprint density at radius 2 is 2.00 bits per heavy atom. The molecule has 2 aromatic carbocycles. The maximum absolute atomic E-state index is 14.0. The highest BCUT2D eigenvalue weighted by Gasteiger charge is 2.35. The number of thiophene rings is 1. The number of carbonyl (C=O) groups is 2. The molecule has 1 saturated heterocycles. The van der Waals surface area contributed by atoms with Gasteiger partial charge in [-0.15, -0.1) is 21.5 Å². The van der Waals surface area contributed by atoms with Crippen molar-refractivity contribution in [3.8, 4) is 11.4 Å². The number of hydrogen-bond donors (Lipinski definition) is 1. The van der Waals surface area contributed by atoms with E-state index in [2.05, 4.69) is 20.7 Å². The van der Waals surface area contributed by atoms with Crippen LogP contribution in [0.4, 0.5) is 10.1 Å². The van der Waals surface area contributed by atoms with E-state index in [-0.39, 0.29) is 36.1 Å². The molecule has 3 heterocycles. The van der Waals surface area contributed by atoms with E-state index in [1.165, 1.54) is 33.2 Å². The quantitative estimate of drug-likeness (QED) is 0.336. The molecule has 9 nitrogen and oxygen atoms in total. The summed E-state index contributed by atoms with van der Waals surface area (Å²) in [6, 6.07) is 14.2. The number of aromatic nitrogens is 4. The topological polar surface area (TPSA) is 102 Å². The fourth-order valence-corrected chi connectivity index (χ4v) is 5.39. The van der Waals surface area contributed by atoms with Crippen molar-refractivity contribution in [2.24, 2.45) is 0 Å². The van der Waals surface area contributed by atoms with Crippen molar-refractivity contribution >= 4 is 28.8 Å². The van der Waals surface area contributed by atoms with E-state index in [1.54, 1.807) is 12.1 Å². The Kier molecular flexibility index (Phi) is 8.08. The van der Waals surface area contributed by atoms with Crippen LogP contribution < -0.4 is 10.2 Å². The van der Waals surface area contributed by atoms with Gasteiger partial charge in [0.15, 0.2) is 0 Å². The minimum atomic E-state index is -0.903. The number of amides is 2.